The van der Waals surface area contributed by atoms with Crippen LogP contribution in [0, 0.1) is 0 Å². The van der Waals surface area contributed by atoms with E-state index >= 15 is 0 Å². The predicted octanol–water partition coefficient (Wildman–Crippen LogP) is 3.20. The maximum absolute atomic E-state index is 5.90. The summed E-state index contributed by atoms with van der Waals surface area (Å²) in [5.74, 6) is 0. The molecule has 0 aromatic heterocycles. The molecule has 1 aliphatic rings. The van der Waals surface area contributed by atoms with Crippen molar-refractivity contribution in [2.45, 2.75) is 25.4 Å². The Hall–Kier alpha value is -0.840. The standard InChI is InChI=1S/C13H17ClN2OS/c14-10-3-1-4-11(9-10)16-13(18)15-7-6-12-5-2-8-17-12/h1,3-4,9,12H,2,5-8H2,(H2,15,16,18). The lowest BCUT2D eigenvalue weighted by atomic mass is 10.2. The molecule has 1 heterocycles. The minimum Gasteiger partial charge on any atom is -0.378 e. The zero-order chi connectivity index (χ0) is 12.8. The van der Waals surface area contributed by atoms with Crippen LogP contribution in [0.25, 0.3) is 0 Å². The van der Waals surface area contributed by atoms with Crippen molar-refractivity contribution in [2.75, 3.05) is 18.5 Å². The van der Waals surface area contributed by atoms with Gasteiger partial charge in [-0.3, -0.25) is 0 Å². The Labute approximate surface area is 118 Å². The van der Waals surface area contributed by atoms with Crippen LogP contribution in [0.15, 0.2) is 24.3 Å². The summed E-state index contributed by atoms with van der Waals surface area (Å²) in [6, 6.07) is 7.50. The van der Waals surface area contributed by atoms with Crippen LogP contribution < -0.4 is 10.6 Å². The molecule has 1 aromatic rings. The van der Waals surface area contributed by atoms with Gasteiger partial charge in [-0.2, -0.15) is 0 Å². The first kappa shape index (κ1) is 13.6. The number of nitrogens with one attached hydrogen (secondary N) is 2. The van der Waals surface area contributed by atoms with Crippen molar-refractivity contribution < 1.29 is 4.74 Å². The van der Waals surface area contributed by atoms with Gasteiger partial charge in [0, 0.05) is 23.9 Å². The molecule has 18 heavy (non-hydrogen) atoms. The van der Waals surface area contributed by atoms with Crippen LogP contribution in [0.2, 0.25) is 5.02 Å². The van der Waals surface area contributed by atoms with E-state index in [2.05, 4.69) is 10.6 Å². The van der Waals surface area contributed by atoms with Crippen LogP contribution in [0.4, 0.5) is 5.69 Å². The number of hydrogen-bond acceptors (Lipinski definition) is 2. The van der Waals surface area contributed by atoms with Crippen LogP contribution in [-0.4, -0.2) is 24.4 Å². The number of ether oxygens (including phenoxy) is 1. The summed E-state index contributed by atoms with van der Waals surface area (Å²) >= 11 is 11.1. The minimum atomic E-state index is 0.395. The number of hydrogen-bond donors (Lipinski definition) is 2. The fraction of sp³-hybridized carbons (Fsp3) is 0.462. The Morgan fingerprint density at radius 1 is 1.50 bits per heavy atom. The lowest BCUT2D eigenvalue weighted by Crippen LogP contribution is -2.30. The molecule has 5 heteroatoms. The van der Waals surface area contributed by atoms with E-state index in [9.17, 15) is 0 Å². The molecule has 1 fully saturated rings. The van der Waals surface area contributed by atoms with Crippen molar-refractivity contribution in [1.82, 2.24) is 5.32 Å². The normalized spacial score (nSPS) is 18.6. The second-order valence-electron chi connectivity index (χ2n) is 4.31. The minimum absolute atomic E-state index is 0.395. The molecule has 0 radical (unpaired) electrons. The molecule has 0 amide bonds. The first-order chi connectivity index (χ1) is 8.74. The molecule has 1 unspecified atom stereocenters. The maximum atomic E-state index is 5.90. The molecule has 0 aliphatic carbocycles. The summed E-state index contributed by atoms with van der Waals surface area (Å²) in [5.41, 5.74) is 0.900. The Bertz CT molecular complexity index is 408. The highest BCUT2D eigenvalue weighted by Gasteiger charge is 2.14. The smallest absolute Gasteiger partial charge is 0.170 e. The fourth-order valence-electron chi connectivity index (χ4n) is 1.96. The van der Waals surface area contributed by atoms with Crippen molar-refractivity contribution in [3.8, 4) is 0 Å². The van der Waals surface area contributed by atoms with Gasteiger partial charge in [0.05, 0.1) is 6.10 Å². The topological polar surface area (TPSA) is 33.3 Å². The highest BCUT2D eigenvalue weighted by atomic mass is 35.5. The van der Waals surface area contributed by atoms with E-state index in [-0.39, 0.29) is 0 Å². The van der Waals surface area contributed by atoms with Gasteiger partial charge >= 0.3 is 0 Å². The van der Waals surface area contributed by atoms with Gasteiger partial charge in [-0.25, -0.2) is 0 Å². The molecule has 98 valence electrons. The average Bonchev–Trinajstić information content (AvgIpc) is 2.82. The monoisotopic (exact) mass is 284 g/mol. The van der Waals surface area contributed by atoms with E-state index in [1.165, 1.54) is 6.42 Å². The van der Waals surface area contributed by atoms with Crippen molar-refractivity contribution in [2.24, 2.45) is 0 Å². The number of halogens is 1. The van der Waals surface area contributed by atoms with Gasteiger partial charge in [-0.15, -0.1) is 0 Å². The third-order valence-electron chi connectivity index (χ3n) is 2.86. The molecule has 2 N–H and O–H groups in total. The van der Waals surface area contributed by atoms with E-state index < -0.39 is 0 Å². The van der Waals surface area contributed by atoms with E-state index in [0.29, 0.717) is 16.2 Å². The highest BCUT2D eigenvalue weighted by Crippen LogP contribution is 2.15. The second-order valence-corrected chi connectivity index (χ2v) is 5.16. The molecule has 2 rings (SSSR count). The van der Waals surface area contributed by atoms with E-state index in [1.807, 2.05) is 24.3 Å². The van der Waals surface area contributed by atoms with Crippen LogP contribution in [0.3, 0.4) is 0 Å². The van der Waals surface area contributed by atoms with Crippen molar-refractivity contribution in [3.63, 3.8) is 0 Å². The SMILES string of the molecule is S=C(NCCC1CCCO1)Nc1cccc(Cl)c1. The maximum Gasteiger partial charge on any atom is 0.170 e. The third-order valence-corrected chi connectivity index (χ3v) is 3.34. The van der Waals surface area contributed by atoms with E-state index in [0.717, 1.165) is 31.7 Å². The van der Waals surface area contributed by atoms with Gasteiger partial charge in [0.15, 0.2) is 5.11 Å². The lowest BCUT2D eigenvalue weighted by molar-refractivity contribution is 0.105. The summed E-state index contributed by atoms with van der Waals surface area (Å²) in [7, 11) is 0. The summed E-state index contributed by atoms with van der Waals surface area (Å²) in [6.07, 6.45) is 3.73. The van der Waals surface area contributed by atoms with Crippen LogP contribution in [-0.2, 0) is 4.74 Å². The Balaban J connectivity index is 1.68. The highest BCUT2D eigenvalue weighted by molar-refractivity contribution is 7.80. The summed E-state index contributed by atoms with van der Waals surface area (Å²) in [6.45, 7) is 1.73. The van der Waals surface area contributed by atoms with Crippen molar-refractivity contribution >= 4 is 34.6 Å². The van der Waals surface area contributed by atoms with Gasteiger partial charge in [0.2, 0.25) is 0 Å². The fourth-order valence-corrected chi connectivity index (χ4v) is 2.37. The van der Waals surface area contributed by atoms with Gasteiger partial charge < -0.3 is 15.4 Å². The molecule has 1 aliphatic heterocycles. The lowest BCUT2D eigenvalue weighted by Gasteiger charge is -2.13. The number of thiocarbonyl (C=S) groups is 1. The first-order valence-corrected chi connectivity index (χ1v) is 6.95. The van der Waals surface area contributed by atoms with Gasteiger partial charge in [-0.05, 0) is 49.7 Å². The summed E-state index contributed by atoms with van der Waals surface area (Å²) in [5, 5.41) is 7.59. The summed E-state index contributed by atoms with van der Waals surface area (Å²) < 4.78 is 5.55. The van der Waals surface area contributed by atoms with Crippen LogP contribution in [0.5, 0.6) is 0 Å². The Morgan fingerprint density at radius 2 is 2.39 bits per heavy atom. The molecular formula is C13H17ClN2OS. The number of rotatable bonds is 4. The van der Waals surface area contributed by atoms with E-state index in [1.54, 1.807) is 0 Å². The number of benzene rings is 1. The molecule has 1 atom stereocenters. The predicted molar refractivity (Wildman–Crippen MR) is 79.3 cm³/mol. The molecule has 1 aromatic carbocycles. The molecular weight excluding hydrogens is 268 g/mol. The zero-order valence-corrected chi connectivity index (χ0v) is 11.7. The molecule has 0 saturated carbocycles. The molecule has 0 spiro atoms. The zero-order valence-electron chi connectivity index (χ0n) is 10.1. The summed E-state index contributed by atoms with van der Waals surface area (Å²) in [4.78, 5) is 0. The van der Waals surface area contributed by atoms with Crippen molar-refractivity contribution in [1.29, 1.82) is 0 Å². The second kappa shape index (κ2) is 6.92. The Kier molecular flexibility index (Phi) is 5.23. The first-order valence-electron chi connectivity index (χ1n) is 6.16. The van der Waals surface area contributed by atoms with Gasteiger partial charge in [0.1, 0.15) is 0 Å². The van der Waals surface area contributed by atoms with Crippen LogP contribution in [0.1, 0.15) is 19.3 Å². The van der Waals surface area contributed by atoms with Gasteiger partial charge in [-0.1, -0.05) is 17.7 Å². The van der Waals surface area contributed by atoms with E-state index in [4.69, 9.17) is 28.6 Å². The van der Waals surface area contributed by atoms with Crippen LogP contribution >= 0.6 is 23.8 Å². The third kappa shape index (κ3) is 4.44. The van der Waals surface area contributed by atoms with Gasteiger partial charge in [0.25, 0.3) is 0 Å². The number of anilines is 1. The average molecular weight is 285 g/mol. The molecule has 0 bridgehead atoms. The largest absolute Gasteiger partial charge is 0.378 e. The molecule has 3 nitrogen and oxygen atoms in total. The quantitative estimate of drug-likeness (QED) is 0.832. The van der Waals surface area contributed by atoms with Crippen molar-refractivity contribution in [3.05, 3.63) is 29.3 Å². The molecule has 1 saturated heterocycles. The Morgan fingerprint density at radius 3 is 3.11 bits per heavy atom.